The first-order valence-electron chi connectivity index (χ1n) is 6.90. The second-order valence-corrected chi connectivity index (χ2v) is 5.29. The van der Waals surface area contributed by atoms with Gasteiger partial charge in [0.15, 0.2) is 0 Å². The van der Waals surface area contributed by atoms with Gasteiger partial charge < -0.3 is 0 Å². The monoisotopic (exact) mass is 264 g/mol. The van der Waals surface area contributed by atoms with Gasteiger partial charge in [-0.2, -0.15) is 0 Å². The smallest absolute Gasteiger partial charge is 0.277 e. The van der Waals surface area contributed by atoms with Crippen LogP contribution >= 0.6 is 0 Å². The molecule has 1 heterocycles. The molecule has 1 N–H and O–H groups in total. The van der Waals surface area contributed by atoms with Gasteiger partial charge in [0.05, 0.1) is 0 Å². The predicted octanol–water partition coefficient (Wildman–Crippen LogP) is 1.98. The molecule has 104 valence electrons. The summed E-state index contributed by atoms with van der Waals surface area (Å²) in [6, 6.07) is -0.591. The largest absolute Gasteiger partial charge is 0.330 e. The fourth-order valence-corrected chi connectivity index (χ4v) is 2.93. The predicted molar refractivity (Wildman–Crippen MR) is 70.2 cm³/mol. The van der Waals surface area contributed by atoms with Crippen molar-refractivity contribution in [2.75, 3.05) is 6.54 Å². The minimum absolute atomic E-state index is 0.295. The molecule has 19 heavy (non-hydrogen) atoms. The Balaban J connectivity index is 2.25. The molecule has 0 aromatic heterocycles. The van der Waals surface area contributed by atoms with Crippen molar-refractivity contribution in [1.82, 2.24) is 10.2 Å². The van der Waals surface area contributed by atoms with Crippen molar-refractivity contribution in [1.29, 1.82) is 0 Å². The highest BCUT2D eigenvalue weighted by atomic mass is 16.2. The average Bonchev–Trinajstić information content (AvgIpc) is 2.63. The molecule has 4 amide bonds. The van der Waals surface area contributed by atoms with Gasteiger partial charge in [0, 0.05) is 6.54 Å². The van der Waals surface area contributed by atoms with Gasteiger partial charge in [-0.25, -0.2) is 4.79 Å². The van der Waals surface area contributed by atoms with Crippen LogP contribution in [0.5, 0.6) is 0 Å². The molecule has 2 fully saturated rings. The van der Waals surface area contributed by atoms with E-state index in [0.29, 0.717) is 25.8 Å². The van der Waals surface area contributed by atoms with E-state index in [1.54, 1.807) is 6.08 Å². The van der Waals surface area contributed by atoms with Gasteiger partial charge in [0.25, 0.3) is 0 Å². The maximum atomic E-state index is 12.6. The number of carbonyl (C=O) groups excluding carboxylic acids is 3. The van der Waals surface area contributed by atoms with Gasteiger partial charge in [-0.1, -0.05) is 31.8 Å². The second-order valence-electron chi connectivity index (χ2n) is 5.29. The van der Waals surface area contributed by atoms with E-state index in [1.165, 1.54) is 4.90 Å². The summed E-state index contributed by atoms with van der Waals surface area (Å²) in [5.41, 5.74) is -1.01. The lowest BCUT2D eigenvalue weighted by Crippen LogP contribution is -2.63. The van der Waals surface area contributed by atoms with Gasteiger partial charge in [-0.05, 0) is 19.3 Å². The fourth-order valence-electron chi connectivity index (χ4n) is 2.93. The van der Waals surface area contributed by atoms with Crippen molar-refractivity contribution in [2.45, 2.75) is 44.9 Å². The number of amides is 4. The van der Waals surface area contributed by atoms with E-state index in [9.17, 15) is 14.4 Å². The normalized spacial score (nSPS) is 23.2. The quantitative estimate of drug-likeness (QED) is 0.626. The number of imide groups is 2. The summed E-state index contributed by atoms with van der Waals surface area (Å²) in [6.45, 7) is 3.89. The van der Waals surface area contributed by atoms with Crippen LogP contribution in [0.25, 0.3) is 0 Å². The number of nitrogens with one attached hydrogen (secondary N) is 1. The van der Waals surface area contributed by atoms with Crippen molar-refractivity contribution >= 4 is 17.8 Å². The van der Waals surface area contributed by atoms with Crippen molar-refractivity contribution in [3.8, 4) is 0 Å². The van der Waals surface area contributed by atoms with Crippen LogP contribution in [0.3, 0.4) is 0 Å². The van der Waals surface area contributed by atoms with Crippen molar-refractivity contribution < 1.29 is 14.4 Å². The summed E-state index contributed by atoms with van der Waals surface area (Å²) < 4.78 is 0. The molecule has 0 radical (unpaired) electrons. The number of barbiturate groups is 1. The summed E-state index contributed by atoms with van der Waals surface area (Å²) >= 11 is 0. The molecule has 1 aliphatic carbocycles. The van der Waals surface area contributed by atoms with Gasteiger partial charge >= 0.3 is 6.03 Å². The zero-order chi connectivity index (χ0) is 13.9. The van der Waals surface area contributed by atoms with E-state index in [0.717, 1.165) is 25.7 Å². The minimum Gasteiger partial charge on any atom is -0.277 e. The number of hydrogen-bond acceptors (Lipinski definition) is 3. The zero-order valence-corrected chi connectivity index (χ0v) is 11.1. The highest BCUT2D eigenvalue weighted by Gasteiger charge is 2.52. The Labute approximate surface area is 113 Å². The summed E-state index contributed by atoms with van der Waals surface area (Å²) in [7, 11) is 0. The maximum Gasteiger partial charge on any atom is 0.330 e. The summed E-state index contributed by atoms with van der Waals surface area (Å²) in [4.78, 5) is 37.7. The molecule has 1 saturated carbocycles. The number of nitrogens with zero attached hydrogens (tertiary/aromatic N) is 1. The summed E-state index contributed by atoms with van der Waals surface area (Å²) in [5, 5.41) is 2.35. The molecule has 2 aliphatic rings. The Morgan fingerprint density at radius 2 is 1.79 bits per heavy atom. The number of hydrogen-bond donors (Lipinski definition) is 1. The Hall–Kier alpha value is -1.65. The van der Waals surface area contributed by atoms with E-state index in [-0.39, 0.29) is 5.91 Å². The Morgan fingerprint density at radius 3 is 2.37 bits per heavy atom. The third-order valence-electron chi connectivity index (χ3n) is 4.07. The first-order chi connectivity index (χ1) is 9.12. The lowest BCUT2D eigenvalue weighted by molar-refractivity contribution is -0.152. The van der Waals surface area contributed by atoms with E-state index in [4.69, 9.17) is 0 Å². The molecule has 0 unspecified atom stereocenters. The molecule has 1 spiro atoms. The number of urea groups is 1. The molecule has 0 aromatic rings. The van der Waals surface area contributed by atoms with Crippen LogP contribution in [0.15, 0.2) is 12.7 Å². The maximum absolute atomic E-state index is 12.6. The molecule has 0 bridgehead atoms. The standard InChI is InChI=1S/C14H20N2O3/c1-2-3-10-16-12(18)14(11(17)15-13(16)19)8-6-4-5-7-9-14/h2H,1,3-10H2,(H,15,17,19). The lowest BCUT2D eigenvalue weighted by Gasteiger charge is -2.38. The lowest BCUT2D eigenvalue weighted by atomic mass is 9.77. The first-order valence-corrected chi connectivity index (χ1v) is 6.90. The molecule has 1 aliphatic heterocycles. The topological polar surface area (TPSA) is 66.5 Å². The van der Waals surface area contributed by atoms with Crippen molar-refractivity contribution in [2.24, 2.45) is 5.41 Å². The Kier molecular flexibility index (Phi) is 4.02. The van der Waals surface area contributed by atoms with Crippen LogP contribution in [-0.2, 0) is 9.59 Å². The molecule has 2 rings (SSSR count). The molecule has 5 heteroatoms. The van der Waals surface area contributed by atoms with E-state index in [2.05, 4.69) is 11.9 Å². The van der Waals surface area contributed by atoms with Crippen LogP contribution in [0, 0.1) is 5.41 Å². The second kappa shape index (κ2) is 5.55. The highest BCUT2D eigenvalue weighted by Crippen LogP contribution is 2.39. The first kappa shape index (κ1) is 13.8. The zero-order valence-electron chi connectivity index (χ0n) is 11.1. The van der Waals surface area contributed by atoms with Gasteiger partial charge in [-0.3, -0.25) is 19.8 Å². The Morgan fingerprint density at radius 1 is 1.16 bits per heavy atom. The molecule has 0 atom stereocenters. The van der Waals surface area contributed by atoms with E-state index >= 15 is 0 Å². The van der Waals surface area contributed by atoms with Gasteiger partial charge in [-0.15, -0.1) is 6.58 Å². The van der Waals surface area contributed by atoms with Crippen molar-refractivity contribution in [3.63, 3.8) is 0 Å². The van der Waals surface area contributed by atoms with E-state index < -0.39 is 17.4 Å². The number of rotatable bonds is 3. The van der Waals surface area contributed by atoms with Crippen LogP contribution in [-0.4, -0.2) is 29.3 Å². The number of carbonyl (C=O) groups is 3. The van der Waals surface area contributed by atoms with Crippen LogP contribution in [0.1, 0.15) is 44.9 Å². The van der Waals surface area contributed by atoms with Gasteiger partial charge in [0.1, 0.15) is 5.41 Å². The third kappa shape index (κ3) is 2.41. The average molecular weight is 264 g/mol. The Bertz CT molecular complexity index is 409. The van der Waals surface area contributed by atoms with Crippen LogP contribution < -0.4 is 5.32 Å². The fraction of sp³-hybridized carbons (Fsp3) is 0.643. The summed E-state index contributed by atoms with van der Waals surface area (Å²) in [5.74, 6) is -0.718. The van der Waals surface area contributed by atoms with Gasteiger partial charge in [0.2, 0.25) is 11.8 Å². The highest BCUT2D eigenvalue weighted by molar-refractivity contribution is 6.19. The van der Waals surface area contributed by atoms with E-state index in [1.807, 2.05) is 0 Å². The SMILES string of the molecule is C=CCCN1C(=O)NC(=O)C2(CCCCCC2)C1=O. The molecular weight excluding hydrogens is 244 g/mol. The molecule has 1 saturated heterocycles. The molecule has 0 aromatic carbocycles. The third-order valence-corrected chi connectivity index (χ3v) is 4.07. The molecule has 5 nitrogen and oxygen atoms in total. The van der Waals surface area contributed by atoms with Crippen molar-refractivity contribution in [3.05, 3.63) is 12.7 Å². The van der Waals surface area contributed by atoms with Crippen LogP contribution in [0.4, 0.5) is 4.79 Å². The molecular formula is C14H20N2O3. The summed E-state index contributed by atoms with van der Waals surface area (Å²) in [6.07, 6.45) is 7.13. The minimum atomic E-state index is -1.01. The van der Waals surface area contributed by atoms with Crippen LogP contribution in [0.2, 0.25) is 0 Å².